The summed E-state index contributed by atoms with van der Waals surface area (Å²) < 4.78 is 86.0. The zero-order chi connectivity index (χ0) is 29.5. The molecule has 6 rings (SSSR count). The monoisotopic (exact) mass is 594 g/mol. The Hall–Kier alpha value is -3.38. The fourth-order valence-corrected chi connectivity index (χ4v) is 6.23. The number of fused-ring (bicyclic) bond motifs is 4. The van der Waals surface area contributed by atoms with Crippen LogP contribution in [0.1, 0.15) is 35.6 Å². The van der Waals surface area contributed by atoms with E-state index in [1.807, 2.05) is 24.3 Å². The van der Waals surface area contributed by atoms with E-state index in [9.17, 15) is 26.3 Å². The van der Waals surface area contributed by atoms with Gasteiger partial charge in [0.25, 0.3) is 0 Å². The lowest BCUT2D eigenvalue weighted by atomic mass is 9.73. The van der Waals surface area contributed by atoms with Crippen LogP contribution in [0.4, 0.5) is 32.0 Å². The van der Waals surface area contributed by atoms with Gasteiger partial charge in [-0.3, -0.25) is 9.88 Å². The molecule has 3 saturated heterocycles. The molecular formula is C29H28F6N4OS. The Labute approximate surface area is 238 Å². The Morgan fingerprint density at radius 3 is 2.39 bits per heavy atom. The molecule has 12 heteroatoms. The van der Waals surface area contributed by atoms with E-state index in [-0.39, 0.29) is 17.2 Å². The maximum atomic E-state index is 13.4. The molecule has 4 heterocycles. The van der Waals surface area contributed by atoms with Crippen LogP contribution in [0, 0.1) is 11.8 Å². The first-order valence-corrected chi connectivity index (χ1v) is 13.4. The molecule has 0 radical (unpaired) electrons. The lowest BCUT2D eigenvalue weighted by Crippen LogP contribution is -2.57. The quantitative estimate of drug-likeness (QED) is 0.179. The summed E-state index contributed by atoms with van der Waals surface area (Å²) in [4.78, 5) is 6.80. The van der Waals surface area contributed by atoms with Crippen LogP contribution in [-0.4, -0.2) is 41.2 Å². The highest BCUT2D eigenvalue weighted by Crippen LogP contribution is 2.43. The zero-order valence-corrected chi connectivity index (χ0v) is 22.8. The summed E-state index contributed by atoms with van der Waals surface area (Å²) in [7, 11) is 1.55. The third kappa shape index (κ3) is 6.13. The lowest BCUT2D eigenvalue weighted by molar-refractivity contribution is -0.143. The van der Waals surface area contributed by atoms with Crippen LogP contribution in [0.3, 0.4) is 0 Å². The third-order valence-electron chi connectivity index (χ3n) is 7.99. The van der Waals surface area contributed by atoms with Gasteiger partial charge in [0.15, 0.2) is 5.11 Å². The summed E-state index contributed by atoms with van der Waals surface area (Å²) in [5.74, 6) is 1.35. The summed E-state index contributed by atoms with van der Waals surface area (Å²) in [6.07, 6.45) is -4.48. The van der Waals surface area contributed by atoms with Gasteiger partial charge in [-0.1, -0.05) is 6.08 Å². The third-order valence-corrected chi connectivity index (χ3v) is 8.21. The van der Waals surface area contributed by atoms with Gasteiger partial charge >= 0.3 is 12.4 Å². The van der Waals surface area contributed by atoms with E-state index < -0.39 is 35.2 Å². The van der Waals surface area contributed by atoms with Crippen LogP contribution in [0.5, 0.6) is 5.75 Å². The molecule has 0 saturated carbocycles. The van der Waals surface area contributed by atoms with E-state index in [4.69, 9.17) is 17.0 Å². The highest BCUT2D eigenvalue weighted by Gasteiger charge is 2.43. The van der Waals surface area contributed by atoms with E-state index in [1.165, 1.54) is 0 Å². The largest absolute Gasteiger partial charge is 0.497 e. The number of ether oxygens (including phenoxy) is 1. The van der Waals surface area contributed by atoms with Gasteiger partial charge in [0.05, 0.1) is 29.8 Å². The molecule has 2 N–H and O–H groups in total. The van der Waals surface area contributed by atoms with Crippen molar-refractivity contribution in [2.24, 2.45) is 11.8 Å². The number of methoxy groups -OCH3 is 1. The number of nitrogens with one attached hydrogen (secondary N) is 2. The smallest absolute Gasteiger partial charge is 0.416 e. The van der Waals surface area contributed by atoms with Crippen molar-refractivity contribution >= 4 is 33.9 Å². The van der Waals surface area contributed by atoms with E-state index in [2.05, 4.69) is 27.1 Å². The molecule has 5 atom stereocenters. The second-order valence-corrected chi connectivity index (χ2v) is 10.8. The Bertz CT molecular complexity index is 1430. The van der Waals surface area contributed by atoms with Crippen molar-refractivity contribution in [3.63, 3.8) is 0 Å². The van der Waals surface area contributed by atoms with Gasteiger partial charge in [0.2, 0.25) is 0 Å². The molecule has 3 aliphatic heterocycles. The number of hydrogen-bond acceptors (Lipinski definition) is 4. The number of alkyl halides is 6. The molecule has 218 valence electrons. The summed E-state index contributed by atoms with van der Waals surface area (Å²) in [5.41, 5.74) is -1.71. The Kier molecular flexibility index (Phi) is 7.90. The van der Waals surface area contributed by atoms with Crippen molar-refractivity contribution < 1.29 is 31.1 Å². The predicted molar refractivity (Wildman–Crippen MR) is 149 cm³/mol. The number of benzene rings is 2. The molecule has 41 heavy (non-hydrogen) atoms. The number of halogens is 6. The molecular weight excluding hydrogens is 566 g/mol. The summed E-state index contributed by atoms with van der Waals surface area (Å²) >= 11 is 5.50. The van der Waals surface area contributed by atoms with Gasteiger partial charge in [-0.05, 0) is 91.5 Å². The van der Waals surface area contributed by atoms with Crippen molar-refractivity contribution in [2.45, 2.75) is 37.3 Å². The number of hydrogen-bond donors (Lipinski definition) is 2. The van der Waals surface area contributed by atoms with Crippen molar-refractivity contribution in [2.75, 3.05) is 25.5 Å². The molecule has 3 fully saturated rings. The molecule has 3 aliphatic rings. The number of nitrogens with zero attached hydrogens (tertiary/aromatic N) is 2. The second kappa shape index (κ2) is 11.1. The summed E-state index contributed by atoms with van der Waals surface area (Å²) in [6, 6.07) is 8.15. The minimum absolute atomic E-state index is 0.0475. The zero-order valence-electron chi connectivity index (χ0n) is 22.0. The molecule has 0 amide bonds. The Morgan fingerprint density at radius 1 is 1.10 bits per heavy atom. The second-order valence-electron chi connectivity index (χ2n) is 10.4. The molecule has 1 aromatic heterocycles. The predicted octanol–water partition coefficient (Wildman–Crippen LogP) is 7.21. The minimum atomic E-state index is -4.97. The van der Waals surface area contributed by atoms with Gasteiger partial charge in [-0.25, -0.2) is 0 Å². The van der Waals surface area contributed by atoms with Crippen molar-refractivity contribution in [1.29, 1.82) is 0 Å². The molecule has 2 bridgehead atoms. The van der Waals surface area contributed by atoms with Crippen LogP contribution in [0.15, 0.2) is 61.3 Å². The van der Waals surface area contributed by atoms with Crippen molar-refractivity contribution in [3.05, 3.63) is 78.0 Å². The number of anilines is 1. The minimum Gasteiger partial charge on any atom is -0.497 e. The fraction of sp³-hybridized carbons (Fsp3) is 0.379. The van der Waals surface area contributed by atoms with E-state index in [1.54, 1.807) is 19.4 Å². The van der Waals surface area contributed by atoms with Crippen LogP contribution < -0.4 is 15.4 Å². The topological polar surface area (TPSA) is 49.4 Å². The first-order valence-electron chi connectivity index (χ1n) is 13.0. The van der Waals surface area contributed by atoms with Gasteiger partial charge in [0, 0.05) is 29.9 Å². The molecule has 0 aliphatic carbocycles. The van der Waals surface area contributed by atoms with Crippen LogP contribution in [-0.2, 0) is 12.4 Å². The summed E-state index contributed by atoms with van der Waals surface area (Å²) in [5, 5.41) is 6.52. The highest BCUT2D eigenvalue weighted by molar-refractivity contribution is 7.80. The van der Waals surface area contributed by atoms with Crippen LogP contribution >= 0.6 is 12.2 Å². The number of piperidine rings is 3. The maximum Gasteiger partial charge on any atom is 0.416 e. The summed E-state index contributed by atoms with van der Waals surface area (Å²) in [6.45, 7) is 5.63. The molecule has 3 aromatic rings. The Morgan fingerprint density at radius 2 is 1.80 bits per heavy atom. The molecule has 5 nitrogen and oxygen atoms in total. The van der Waals surface area contributed by atoms with E-state index in [0.717, 1.165) is 36.9 Å². The van der Waals surface area contributed by atoms with E-state index >= 15 is 0 Å². The lowest BCUT2D eigenvalue weighted by Gasteiger charge is -2.52. The van der Waals surface area contributed by atoms with Crippen molar-refractivity contribution in [3.8, 4) is 5.75 Å². The SMILES string of the molecule is C=CC1CN2CC[C@H]1C[C@H]2[C@@H](NC(=S)Nc1cc(C(F)(F)F)cc(C(F)(F)F)c1)c1ccnc2ccc(OC)cc12. The maximum absolute atomic E-state index is 13.4. The van der Waals surface area contributed by atoms with Gasteiger partial charge < -0.3 is 15.4 Å². The average Bonchev–Trinajstić information content (AvgIpc) is 2.94. The van der Waals surface area contributed by atoms with Crippen LogP contribution in [0.2, 0.25) is 0 Å². The standard InChI is InChI=1S/C29H28F6N4OS/c1-3-16-15-39-9-7-17(16)10-25(39)26(22-6-8-36-24-5-4-21(40-2)14-23(22)24)38-27(41)37-20-12-18(28(30,31)32)11-19(13-20)29(33,34)35/h3-6,8,11-14,16-17,25-26H,1,7,9-10,15H2,2H3,(H2,37,38,41)/t16?,17-,25-,26-/m0/s1. The van der Waals surface area contributed by atoms with Gasteiger partial charge in [0.1, 0.15) is 5.75 Å². The normalized spacial score (nSPS) is 23.2. The van der Waals surface area contributed by atoms with Gasteiger partial charge in [-0.2, -0.15) is 26.3 Å². The van der Waals surface area contributed by atoms with E-state index in [0.29, 0.717) is 35.2 Å². The first kappa shape index (κ1) is 29.1. The fourth-order valence-electron chi connectivity index (χ4n) is 5.99. The number of thiocarbonyl (C=S) groups is 1. The van der Waals surface area contributed by atoms with Crippen LogP contribution in [0.25, 0.3) is 10.9 Å². The number of aromatic nitrogens is 1. The molecule has 2 unspecified atom stereocenters. The number of rotatable bonds is 6. The average molecular weight is 595 g/mol. The van der Waals surface area contributed by atoms with Crippen molar-refractivity contribution in [1.82, 2.24) is 15.2 Å². The molecule has 2 aromatic carbocycles. The number of pyridine rings is 1. The Balaban J connectivity index is 1.51. The molecule has 0 spiro atoms. The first-order chi connectivity index (χ1) is 19.4. The van der Waals surface area contributed by atoms with Gasteiger partial charge in [-0.15, -0.1) is 6.58 Å². The highest BCUT2D eigenvalue weighted by atomic mass is 32.1.